The second-order valence-electron chi connectivity index (χ2n) is 7.44. The fourth-order valence-electron chi connectivity index (χ4n) is 3.85. The largest absolute Gasteiger partial charge is 0.483 e. The maximum Gasteiger partial charge on any atom is 0.271 e. The Morgan fingerprint density at radius 3 is 2.59 bits per heavy atom. The molecule has 0 saturated carbocycles. The number of ether oxygens (including phenoxy) is 2. The van der Waals surface area contributed by atoms with Crippen molar-refractivity contribution >= 4 is 17.7 Å². The van der Waals surface area contributed by atoms with Gasteiger partial charge in [-0.15, -0.1) is 0 Å². The van der Waals surface area contributed by atoms with Crippen LogP contribution in [0.4, 0.5) is 0 Å². The fraction of sp³-hybridized carbons (Fsp3) is 0.304. The first-order valence-electron chi connectivity index (χ1n) is 10.0. The van der Waals surface area contributed by atoms with Crippen molar-refractivity contribution in [2.45, 2.75) is 32.5 Å². The summed E-state index contributed by atoms with van der Waals surface area (Å²) in [6, 6.07) is 11.9. The van der Waals surface area contributed by atoms with E-state index in [-0.39, 0.29) is 36.8 Å². The standard InChI is InChI=1S/C23H24N4O5/c1-3-32-23(22(26)30,27-12-18-14(2)5-4-6-17(18)21(27)29)10-16-8-7-15(11-24)9-19(16)31-13-20(25)28/h4-9H,3,10,12-13H2,1-2H3,(H2,25,28)(H2,26,30). The Bertz CT molecular complexity index is 1120. The first-order valence-corrected chi connectivity index (χ1v) is 10.0. The summed E-state index contributed by atoms with van der Waals surface area (Å²) in [5.41, 5.74) is 12.1. The van der Waals surface area contributed by atoms with E-state index in [1.165, 1.54) is 17.0 Å². The average molecular weight is 436 g/mol. The number of fused-ring (bicyclic) bond motifs is 1. The molecule has 1 aliphatic rings. The minimum atomic E-state index is -1.81. The summed E-state index contributed by atoms with van der Waals surface area (Å²) in [5.74, 6) is -1.74. The number of nitriles is 1. The summed E-state index contributed by atoms with van der Waals surface area (Å²) in [6.07, 6.45) is -0.144. The molecule has 1 atom stereocenters. The molecule has 9 nitrogen and oxygen atoms in total. The zero-order valence-electron chi connectivity index (χ0n) is 17.9. The van der Waals surface area contributed by atoms with Crippen LogP contribution in [0.1, 0.15) is 39.5 Å². The minimum Gasteiger partial charge on any atom is -0.483 e. The Hall–Kier alpha value is -3.90. The molecule has 1 unspecified atom stereocenters. The molecule has 4 N–H and O–H groups in total. The van der Waals surface area contributed by atoms with Gasteiger partial charge in [-0.05, 0) is 48.7 Å². The van der Waals surface area contributed by atoms with Crippen molar-refractivity contribution in [3.05, 3.63) is 64.2 Å². The first kappa shape index (κ1) is 22.8. The third-order valence-corrected chi connectivity index (χ3v) is 5.40. The molecule has 0 fully saturated rings. The number of benzene rings is 2. The van der Waals surface area contributed by atoms with Crippen LogP contribution < -0.4 is 16.2 Å². The third kappa shape index (κ3) is 4.13. The Labute approximate surface area is 185 Å². The van der Waals surface area contributed by atoms with E-state index in [1.807, 2.05) is 19.1 Å². The average Bonchev–Trinajstić information content (AvgIpc) is 3.10. The maximum absolute atomic E-state index is 13.3. The maximum atomic E-state index is 13.3. The van der Waals surface area contributed by atoms with E-state index in [9.17, 15) is 19.6 Å². The van der Waals surface area contributed by atoms with Crippen molar-refractivity contribution in [3.8, 4) is 11.8 Å². The highest BCUT2D eigenvalue weighted by molar-refractivity contribution is 6.02. The van der Waals surface area contributed by atoms with E-state index >= 15 is 0 Å². The van der Waals surface area contributed by atoms with Gasteiger partial charge in [0.1, 0.15) is 5.75 Å². The molecule has 166 valence electrons. The molecular formula is C23H24N4O5. The molecule has 2 aromatic carbocycles. The van der Waals surface area contributed by atoms with Crippen molar-refractivity contribution in [1.29, 1.82) is 5.26 Å². The number of carbonyl (C=O) groups is 3. The topological polar surface area (TPSA) is 149 Å². The SMILES string of the molecule is CCOC(Cc1ccc(C#N)cc1OCC(N)=O)(C(N)=O)N1Cc2c(C)cccc2C1=O. The molecule has 0 aliphatic carbocycles. The molecule has 2 aromatic rings. The predicted molar refractivity (Wildman–Crippen MR) is 114 cm³/mol. The summed E-state index contributed by atoms with van der Waals surface area (Å²) in [5, 5.41) is 9.22. The van der Waals surface area contributed by atoms with Gasteiger partial charge in [-0.1, -0.05) is 18.2 Å². The molecule has 0 aromatic heterocycles. The lowest BCUT2D eigenvalue weighted by Gasteiger charge is -2.39. The quantitative estimate of drug-likeness (QED) is 0.602. The molecule has 9 heteroatoms. The lowest BCUT2D eigenvalue weighted by Crippen LogP contribution is -2.61. The molecule has 32 heavy (non-hydrogen) atoms. The second-order valence-corrected chi connectivity index (χ2v) is 7.44. The van der Waals surface area contributed by atoms with Crippen LogP contribution in [0.25, 0.3) is 0 Å². The van der Waals surface area contributed by atoms with Crippen LogP contribution in [0.2, 0.25) is 0 Å². The van der Waals surface area contributed by atoms with E-state index in [0.717, 1.165) is 11.1 Å². The Morgan fingerprint density at radius 1 is 1.25 bits per heavy atom. The smallest absolute Gasteiger partial charge is 0.271 e. The van der Waals surface area contributed by atoms with Gasteiger partial charge < -0.3 is 20.9 Å². The normalized spacial score (nSPS) is 14.4. The highest BCUT2D eigenvalue weighted by Gasteiger charge is 2.50. The van der Waals surface area contributed by atoms with E-state index in [4.69, 9.17) is 20.9 Å². The molecule has 0 bridgehead atoms. The number of hydrogen-bond donors (Lipinski definition) is 2. The summed E-state index contributed by atoms with van der Waals surface area (Å²) < 4.78 is 11.4. The second kappa shape index (κ2) is 9.08. The number of aryl methyl sites for hydroxylation is 1. The van der Waals surface area contributed by atoms with Crippen molar-refractivity contribution in [1.82, 2.24) is 4.90 Å². The van der Waals surface area contributed by atoms with Gasteiger partial charge in [0.05, 0.1) is 18.2 Å². The van der Waals surface area contributed by atoms with Gasteiger partial charge >= 0.3 is 0 Å². The fourth-order valence-corrected chi connectivity index (χ4v) is 3.85. The van der Waals surface area contributed by atoms with Crippen LogP contribution in [0.5, 0.6) is 5.75 Å². The number of carbonyl (C=O) groups excluding carboxylic acids is 3. The van der Waals surface area contributed by atoms with Crippen LogP contribution >= 0.6 is 0 Å². The van der Waals surface area contributed by atoms with E-state index in [1.54, 1.807) is 25.1 Å². The summed E-state index contributed by atoms with van der Waals surface area (Å²) in [4.78, 5) is 38.6. The van der Waals surface area contributed by atoms with E-state index < -0.39 is 24.1 Å². The zero-order valence-corrected chi connectivity index (χ0v) is 17.9. The van der Waals surface area contributed by atoms with Crippen molar-refractivity contribution in [2.75, 3.05) is 13.2 Å². The number of hydrogen-bond acceptors (Lipinski definition) is 6. The van der Waals surface area contributed by atoms with Crippen molar-refractivity contribution in [2.24, 2.45) is 11.5 Å². The van der Waals surface area contributed by atoms with Crippen LogP contribution in [0.15, 0.2) is 36.4 Å². The third-order valence-electron chi connectivity index (χ3n) is 5.40. The minimum absolute atomic E-state index is 0.107. The summed E-state index contributed by atoms with van der Waals surface area (Å²) >= 11 is 0. The number of nitrogens with two attached hydrogens (primary N) is 2. The van der Waals surface area contributed by atoms with Crippen LogP contribution in [0, 0.1) is 18.3 Å². The molecular weight excluding hydrogens is 412 g/mol. The van der Waals surface area contributed by atoms with Gasteiger partial charge in [-0.2, -0.15) is 5.26 Å². The van der Waals surface area contributed by atoms with Crippen molar-refractivity contribution < 1.29 is 23.9 Å². The zero-order chi connectivity index (χ0) is 23.5. The van der Waals surface area contributed by atoms with Gasteiger partial charge in [0.15, 0.2) is 6.61 Å². The summed E-state index contributed by atoms with van der Waals surface area (Å²) in [6.45, 7) is 3.42. The highest BCUT2D eigenvalue weighted by atomic mass is 16.5. The van der Waals surface area contributed by atoms with Gasteiger partial charge in [-0.3, -0.25) is 19.3 Å². The Kier molecular flexibility index (Phi) is 6.46. The number of rotatable bonds is 9. The van der Waals surface area contributed by atoms with Crippen LogP contribution in [-0.2, 0) is 27.3 Å². The lowest BCUT2D eigenvalue weighted by molar-refractivity contribution is -0.168. The Morgan fingerprint density at radius 2 is 2.00 bits per heavy atom. The Balaban J connectivity index is 2.08. The lowest BCUT2D eigenvalue weighted by atomic mass is 9.97. The molecule has 0 spiro atoms. The van der Waals surface area contributed by atoms with Gasteiger partial charge in [0.25, 0.3) is 17.7 Å². The highest BCUT2D eigenvalue weighted by Crippen LogP contribution is 2.36. The molecule has 0 saturated heterocycles. The van der Waals surface area contributed by atoms with Crippen molar-refractivity contribution in [3.63, 3.8) is 0 Å². The molecule has 0 radical (unpaired) electrons. The number of nitrogens with zero attached hydrogens (tertiary/aromatic N) is 2. The predicted octanol–water partition coefficient (Wildman–Crippen LogP) is 1.15. The van der Waals surface area contributed by atoms with Crippen LogP contribution in [0.3, 0.4) is 0 Å². The van der Waals surface area contributed by atoms with E-state index in [2.05, 4.69) is 0 Å². The number of primary amides is 2. The van der Waals surface area contributed by atoms with Gasteiger partial charge in [-0.25, -0.2) is 0 Å². The van der Waals surface area contributed by atoms with Gasteiger partial charge in [0, 0.05) is 18.6 Å². The molecule has 3 rings (SSSR count). The summed E-state index contributed by atoms with van der Waals surface area (Å²) in [7, 11) is 0. The van der Waals surface area contributed by atoms with Gasteiger partial charge in [0.2, 0.25) is 5.72 Å². The first-order chi connectivity index (χ1) is 15.2. The van der Waals surface area contributed by atoms with E-state index in [0.29, 0.717) is 11.1 Å². The van der Waals surface area contributed by atoms with Crippen LogP contribution in [-0.4, -0.2) is 41.6 Å². The molecule has 3 amide bonds. The molecule has 1 aliphatic heterocycles. The molecule has 1 heterocycles. The number of amides is 3. The monoisotopic (exact) mass is 436 g/mol.